The van der Waals surface area contributed by atoms with E-state index in [0.29, 0.717) is 33.9 Å². The molecular weight excluding hydrogens is 1900 g/mol. The number of nitrogens with two attached hydrogens (primary N) is 5. The van der Waals surface area contributed by atoms with Crippen LogP contribution < -0.4 is 55.3 Å². The monoisotopic (exact) mass is 1990 g/mol. The van der Waals surface area contributed by atoms with Crippen molar-refractivity contribution in [3.63, 3.8) is 0 Å². The SMILES string of the molecule is Cc1cccc(-c2nn(C)cc2C(=O)NC(Cc2ccccc2)C(=O)C(N)=O)n1.Cn1cc(C(=O)NC(Cc2ccccc2)C(=O)C(N)=O)c(-c2ccc(C(F)(F)F)nc2)n1.Cn1cc(C(=O)NC(Cc2ccccc2)C(=O)C(N)=O)c(-c2cnccn2)n1.Cn1cc(C(=O)NC(Cc2ccccc2)C(=O)C(N)=O)c(-c2ncccn2)n1.NC(=O)C(=O)C(Cc1ccccc1)NC(=O)c1nsnc1-c1cccc(F)c1. The number of pyridine rings is 2. The number of hydrogen-bond acceptors (Lipinski definition) is 28. The van der Waals surface area contributed by atoms with Crippen LogP contribution in [0.15, 0.2) is 274 Å². The number of halogens is 4. The molecule has 15 N–H and O–H groups in total. The van der Waals surface area contributed by atoms with Gasteiger partial charge < -0.3 is 55.3 Å². The lowest BCUT2D eigenvalue weighted by atomic mass is 10.0. The summed E-state index contributed by atoms with van der Waals surface area (Å²) in [7, 11) is 6.52. The van der Waals surface area contributed by atoms with Gasteiger partial charge in [0.15, 0.2) is 11.5 Å². The molecule has 0 radical (unpaired) electrons. The van der Waals surface area contributed by atoms with Crippen molar-refractivity contribution in [2.45, 2.75) is 75.4 Å². The molecule has 0 saturated carbocycles. The molecule has 0 fully saturated rings. The van der Waals surface area contributed by atoms with Gasteiger partial charge in [-0.25, -0.2) is 14.4 Å². The molecule has 9 heterocycles. The van der Waals surface area contributed by atoms with Crippen molar-refractivity contribution in [2.24, 2.45) is 56.9 Å². The van der Waals surface area contributed by atoms with Crippen molar-refractivity contribution < 1.29 is 89.5 Å². The van der Waals surface area contributed by atoms with Crippen molar-refractivity contribution >= 4 is 99.7 Å². The summed E-state index contributed by atoms with van der Waals surface area (Å²) < 4.78 is 65.5. The Hall–Kier alpha value is -19.0. The van der Waals surface area contributed by atoms with E-state index in [1.54, 1.807) is 167 Å². The molecule has 41 nitrogen and oxygen atoms in total. The fraction of sp³-hybridized carbons (Fsp3) is 0.162. The van der Waals surface area contributed by atoms with Crippen LogP contribution in [0.2, 0.25) is 0 Å². The first-order chi connectivity index (χ1) is 69.3. The molecule has 5 atom stereocenters. The van der Waals surface area contributed by atoms with Gasteiger partial charge in [0.05, 0.1) is 45.9 Å². The molecule has 46 heteroatoms. The van der Waals surface area contributed by atoms with Crippen LogP contribution in [0.4, 0.5) is 17.6 Å². The van der Waals surface area contributed by atoms with Crippen LogP contribution in [0.25, 0.3) is 56.8 Å². The Morgan fingerprint density at radius 3 is 1.04 bits per heavy atom. The number of alkyl halides is 3. The smallest absolute Gasteiger partial charge is 0.363 e. The second-order valence-corrected chi connectivity index (χ2v) is 32.2. The van der Waals surface area contributed by atoms with Gasteiger partial charge in [0.2, 0.25) is 28.9 Å². The van der Waals surface area contributed by atoms with Crippen LogP contribution in [0.3, 0.4) is 0 Å². The molecule has 15 aromatic rings. The molecule has 9 aromatic heterocycles. The molecule has 0 aliphatic rings. The van der Waals surface area contributed by atoms with E-state index in [-0.39, 0.29) is 88.5 Å². The minimum atomic E-state index is -4.61. The maximum atomic E-state index is 13.5. The van der Waals surface area contributed by atoms with E-state index in [4.69, 9.17) is 28.7 Å². The van der Waals surface area contributed by atoms with Gasteiger partial charge in [0, 0.05) is 133 Å². The number of nitrogens with one attached hydrogen (secondary N) is 5. The number of Topliss-reactive ketones (excluding diaryl/α,β-unsaturated/α-hetero) is 5. The number of carbonyl (C=O) groups excluding carboxylic acids is 15. The number of ketones is 5. The Bertz CT molecular complexity index is 7040. The molecule has 5 unspecified atom stereocenters. The molecule has 0 spiro atoms. The first kappa shape index (κ1) is 106. The largest absolute Gasteiger partial charge is 0.433 e. The fourth-order valence-corrected chi connectivity index (χ4v) is 14.6. The number of hydrogen-bond donors (Lipinski definition) is 10. The quantitative estimate of drug-likeness (QED) is 0.0176. The first-order valence-corrected chi connectivity index (χ1v) is 44.2. The zero-order valence-electron chi connectivity index (χ0n) is 77.5. The molecule has 6 aromatic carbocycles. The molecule has 10 amide bonds. The Kier molecular flexibility index (Phi) is 36.7. The highest BCUT2D eigenvalue weighted by Crippen LogP contribution is 2.31. The standard InChI is InChI=1S/C21H18F3N5O3.C21H21N5O3.C19H15FN4O3S.2C19H18N6O3/c1-29-11-14(17(28-29)13-7-8-16(26-10-13)21(22,23)24)20(32)27-15(18(30)19(25)31)9-12-5-3-2-4-6-12;1-13-7-6-10-16(23-13)18-15(12-26(2)25-18)21(29)24-17(19(27)20(22)28)11-14-8-4-3-5-9-14;20-13-8-4-7-12(10-13)15-16(24-28-23-15)19(27)22-14(17(25)18(21)26)9-11-5-2-1-3-6-11;1-25-11-13(15(24-25)18-21-8-5-9-22-18)19(28)23-14(16(26)17(20)27)10-12-6-3-2-4-7-12;1-25-11-13(16(24-25)15-10-21-7-8-22-15)19(28)23-14(17(26)18(20)27)9-12-5-3-2-4-6-12/h2-8,10-11,15H,9H2,1H3,(H2,25,31)(H,27,32);3-10,12,17H,11H2,1-2H3,(H2,22,28)(H,24,29);1-8,10,14H,9H2,(H2,21,26)(H,22,27);2-9,11,14H,10H2,1H3,(H2,20,27)(H,23,28);2-8,10-11,14H,9H2,1H3,(H2,20,27)(H,23,28). The van der Waals surface area contributed by atoms with Crippen molar-refractivity contribution in [3.05, 3.63) is 347 Å². The Morgan fingerprint density at radius 1 is 0.345 bits per heavy atom. The molecule has 0 aliphatic heterocycles. The van der Waals surface area contributed by atoms with Gasteiger partial charge in [-0.1, -0.05) is 170 Å². The van der Waals surface area contributed by atoms with Gasteiger partial charge in [-0.2, -0.15) is 42.3 Å². The average Bonchev–Trinajstić information content (AvgIpc) is 1.68. The number of nitrogens with zero attached hydrogens (tertiary/aromatic N) is 16. The highest BCUT2D eigenvalue weighted by molar-refractivity contribution is 6.99. The van der Waals surface area contributed by atoms with Crippen molar-refractivity contribution in [1.82, 2.24) is 104 Å². The lowest BCUT2D eigenvalue weighted by Gasteiger charge is -2.16. The summed E-state index contributed by atoms with van der Waals surface area (Å²) in [6.45, 7) is 1.84. The van der Waals surface area contributed by atoms with Crippen molar-refractivity contribution in [3.8, 4) is 56.8 Å². The molecular formula is C99H90F4N26O15S. The summed E-state index contributed by atoms with van der Waals surface area (Å²) in [4.78, 5) is 207. The Labute approximate surface area is 825 Å². The highest BCUT2D eigenvalue weighted by atomic mass is 32.1. The summed E-state index contributed by atoms with van der Waals surface area (Å²) in [6, 6.07) is 53.5. The van der Waals surface area contributed by atoms with E-state index in [0.717, 1.165) is 58.0 Å². The molecule has 0 aliphatic carbocycles. The third-order valence-corrected chi connectivity index (χ3v) is 21.4. The fourth-order valence-electron chi connectivity index (χ4n) is 14.1. The van der Waals surface area contributed by atoms with Crippen molar-refractivity contribution in [1.29, 1.82) is 0 Å². The predicted molar refractivity (Wildman–Crippen MR) is 514 cm³/mol. The first-order valence-electron chi connectivity index (χ1n) is 43.4. The van der Waals surface area contributed by atoms with Gasteiger partial charge in [0.25, 0.3) is 59.1 Å². The number of carbonyl (C=O) groups is 15. The van der Waals surface area contributed by atoms with E-state index in [1.807, 2.05) is 49.4 Å². The third-order valence-electron chi connectivity index (χ3n) is 20.9. The number of benzene rings is 6. The van der Waals surface area contributed by atoms with Crippen LogP contribution >= 0.6 is 11.7 Å². The second-order valence-electron chi connectivity index (χ2n) is 31.7. The Morgan fingerprint density at radius 2 is 0.697 bits per heavy atom. The van der Waals surface area contributed by atoms with Crippen LogP contribution in [0.1, 0.15) is 91.1 Å². The summed E-state index contributed by atoms with van der Waals surface area (Å²) in [6.07, 6.45) is 10.3. The van der Waals surface area contributed by atoms with Crippen LogP contribution in [0, 0.1) is 12.7 Å². The average molecular weight is 1990 g/mol. The number of aryl methyl sites for hydroxylation is 5. The maximum Gasteiger partial charge on any atom is 0.433 e. The number of rotatable bonds is 35. The molecule has 0 saturated heterocycles. The van der Waals surface area contributed by atoms with E-state index in [2.05, 4.69) is 85.6 Å². The lowest BCUT2D eigenvalue weighted by Crippen LogP contribution is -2.47. The molecule has 0 bridgehead atoms. The number of aromatic nitrogens is 16. The van der Waals surface area contributed by atoms with Gasteiger partial charge in [-0.15, -0.1) is 0 Å². The summed E-state index contributed by atoms with van der Waals surface area (Å²) in [5.74, 6) is -13.5. The molecule has 15 rings (SSSR count). The van der Waals surface area contributed by atoms with Crippen LogP contribution in [0.5, 0.6) is 0 Å². The molecule has 145 heavy (non-hydrogen) atoms. The van der Waals surface area contributed by atoms with Crippen LogP contribution in [-0.4, -0.2) is 196 Å². The van der Waals surface area contributed by atoms with Gasteiger partial charge in [0.1, 0.15) is 75.9 Å². The predicted octanol–water partition coefficient (Wildman–Crippen LogP) is 5.37. The van der Waals surface area contributed by atoms with E-state index in [1.165, 1.54) is 93.5 Å². The van der Waals surface area contributed by atoms with E-state index in [9.17, 15) is 89.5 Å². The maximum absolute atomic E-state index is 13.5. The Balaban J connectivity index is 0.000000173. The number of primary amides is 5. The number of amides is 10. The minimum Gasteiger partial charge on any atom is -0.363 e. The second kappa shape index (κ2) is 50.0. The zero-order chi connectivity index (χ0) is 105. The summed E-state index contributed by atoms with van der Waals surface area (Å²) >= 11 is 0.781. The van der Waals surface area contributed by atoms with Gasteiger partial charge >= 0.3 is 6.18 Å². The van der Waals surface area contributed by atoms with Crippen LogP contribution in [-0.2, 0) is 114 Å². The normalized spacial score (nSPS) is 11.8. The van der Waals surface area contributed by atoms with E-state index < -0.39 is 136 Å². The van der Waals surface area contributed by atoms with E-state index >= 15 is 0 Å². The van der Waals surface area contributed by atoms with Crippen molar-refractivity contribution in [2.75, 3.05) is 0 Å². The van der Waals surface area contributed by atoms with Gasteiger partial charge in [-0.3, -0.25) is 111 Å². The lowest BCUT2D eigenvalue weighted by molar-refractivity contribution is -0.141. The zero-order valence-corrected chi connectivity index (χ0v) is 78.3. The highest BCUT2D eigenvalue weighted by Gasteiger charge is 2.37. The third kappa shape index (κ3) is 30.0. The molecule has 740 valence electrons. The topological polar surface area (TPSA) is 621 Å². The summed E-state index contributed by atoms with van der Waals surface area (Å²) in [5, 5.41) is 29.7. The van der Waals surface area contributed by atoms with Gasteiger partial charge in [-0.05, 0) is 77.2 Å². The minimum absolute atomic E-state index is 0.00982. The summed E-state index contributed by atoms with van der Waals surface area (Å²) in [5.41, 5.74) is 32.5.